The third kappa shape index (κ3) is 11.7. The molecule has 2 unspecified atom stereocenters. The van der Waals surface area contributed by atoms with Crippen molar-refractivity contribution >= 4 is 46.3 Å². The van der Waals surface area contributed by atoms with Gasteiger partial charge in [0.05, 0.1) is 6.33 Å². The van der Waals surface area contributed by atoms with Crippen LogP contribution in [0.4, 0.5) is 0 Å². The fourth-order valence-corrected chi connectivity index (χ4v) is 3.91. The Kier molecular flexibility index (Phi) is 12.7. The molecule has 1 heterocycles. The number of carbonyl (C=O) groups is 6. The van der Waals surface area contributed by atoms with Gasteiger partial charge >= 0.3 is 11.9 Å². The van der Waals surface area contributed by atoms with Crippen LogP contribution >= 0.6 is 11.8 Å². The van der Waals surface area contributed by atoms with Crippen LogP contribution in [0.5, 0.6) is 0 Å². The van der Waals surface area contributed by atoms with E-state index >= 15 is 0 Å². The van der Waals surface area contributed by atoms with Gasteiger partial charge in [0.1, 0.15) is 23.7 Å². The summed E-state index contributed by atoms with van der Waals surface area (Å²) in [5, 5.41) is 20.0. The number of nitrogens with zero attached hydrogens (tertiary/aromatic N) is 1. The first-order chi connectivity index (χ1) is 16.0. The van der Waals surface area contributed by atoms with Crippen molar-refractivity contribution in [2.45, 2.75) is 64.0 Å². The van der Waals surface area contributed by atoms with Gasteiger partial charge in [0, 0.05) is 55.7 Å². The Hall–Kier alpha value is -3.06. The first-order valence-electron chi connectivity index (χ1n) is 10.6. The summed E-state index contributed by atoms with van der Waals surface area (Å²) in [6, 6.07) is -2.64. The molecule has 188 valence electrons. The largest absolute Gasteiger partial charge is 0.480 e. The maximum absolute atomic E-state index is 12.8. The summed E-state index contributed by atoms with van der Waals surface area (Å²) in [5.41, 5.74) is 5.96. The van der Waals surface area contributed by atoms with Crippen molar-refractivity contribution in [3.63, 3.8) is 0 Å². The summed E-state index contributed by atoms with van der Waals surface area (Å²) in [6.07, 6.45) is 3.45. The van der Waals surface area contributed by atoms with E-state index in [4.69, 9.17) is 10.8 Å². The van der Waals surface area contributed by atoms with Crippen molar-refractivity contribution in [2.75, 3.05) is 5.75 Å². The molecule has 1 aromatic rings. The van der Waals surface area contributed by atoms with E-state index in [0.717, 1.165) is 0 Å². The zero-order chi connectivity index (χ0) is 25.7. The molecule has 0 radical (unpaired) electrons. The van der Waals surface area contributed by atoms with Crippen molar-refractivity contribution in [2.24, 2.45) is 11.7 Å². The minimum absolute atomic E-state index is 0.0276. The van der Waals surface area contributed by atoms with Gasteiger partial charge in [-0.25, -0.2) is 9.78 Å². The minimum atomic E-state index is -1.39. The molecule has 0 aliphatic carbocycles. The number of carboxylic acids is 2. The molecule has 6 N–H and O–H groups in total. The number of aliphatic carboxylic acids is 2. The summed E-state index contributed by atoms with van der Waals surface area (Å²) in [4.78, 5) is 77.2. The van der Waals surface area contributed by atoms with E-state index in [1.165, 1.54) is 19.4 Å². The Morgan fingerprint density at radius 1 is 1.12 bits per heavy atom. The Morgan fingerprint density at radius 3 is 2.38 bits per heavy atom. The van der Waals surface area contributed by atoms with Gasteiger partial charge in [-0.2, -0.15) is 0 Å². The second kappa shape index (κ2) is 15.0. The maximum atomic E-state index is 12.8. The van der Waals surface area contributed by atoms with Crippen LogP contribution in [-0.2, 0) is 35.2 Å². The Bertz CT molecular complexity index is 874. The molecule has 0 saturated heterocycles. The highest BCUT2D eigenvalue weighted by molar-refractivity contribution is 8.13. The number of carboxylic acid groups (broad SMARTS) is 2. The molecule has 0 fully saturated rings. The van der Waals surface area contributed by atoms with Crippen LogP contribution in [0, 0.1) is 5.92 Å². The third-order valence-corrected chi connectivity index (χ3v) is 5.96. The Balaban J connectivity index is 2.69. The number of hydrogen-bond donors (Lipinski definition) is 5. The molecular formula is C21H30N4O8S. The van der Waals surface area contributed by atoms with E-state index in [2.05, 4.69) is 15.3 Å². The number of aromatic nitrogens is 2. The van der Waals surface area contributed by atoms with Crippen LogP contribution in [0.1, 0.15) is 51.1 Å². The second-order valence-corrected chi connectivity index (χ2v) is 8.87. The number of hydrogen-bond acceptors (Lipinski definition) is 9. The molecule has 0 spiro atoms. The third-order valence-electron chi connectivity index (χ3n) is 4.84. The molecule has 1 aromatic heterocycles. The van der Waals surface area contributed by atoms with Gasteiger partial charge in [0.2, 0.25) is 5.91 Å². The first-order valence-corrected chi connectivity index (χ1v) is 11.6. The Morgan fingerprint density at radius 2 is 1.82 bits per heavy atom. The van der Waals surface area contributed by atoms with Gasteiger partial charge < -0.3 is 31.0 Å². The molecule has 12 nitrogen and oxygen atoms in total. The Labute approximate surface area is 200 Å². The molecule has 13 heteroatoms. The zero-order valence-electron chi connectivity index (χ0n) is 18.8. The number of aromatic amines is 1. The van der Waals surface area contributed by atoms with E-state index in [1.54, 1.807) is 0 Å². The van der Waals surface area contributed by atoms with Crippen LogP contribution in [-0.4, -0.2) is 72.5 Å². The van der Waals surface area contributed by atoms with Crippen molar-refractivity contribution < 1.29 is 39.0 Å². The number of ketones is 2. The monoisotopic (exact) mass is 498 g/mol. The number of nitrogens with one attached hydrogen (secondary N) is 2. The second-order valence-electron chi connectivity index (χ2n) is 7.85. The normalized spacial score (nSPS) is 13.5. The van der Waals surface area contributed by atoms with E-state index in [1.807, 2.05) is 0 Å². The minimum Gasteiger partial charge on any atom is -0.480 e. The van der Waals surface area contributed by atoms with E-state index < -0.39 is 41.0 Å². The molecule has 0 saturated carbocycles. The van der Waals surface area contributed by atoms with Crippen molar-refractivity contribution in [3.05, 3.63) is 18.2 Å². The van der Waals surface area contributed by atoms with Crippen LogP contribution in [0.3, 0.4) is 0 Å². The predicted molar refractivity (Wildman–Crippen MR) is 122 cm³/mol. The summed E-state index contributed by atoms with van der Waals surface area (Å²) < 4.78 is 0. The number of thioether (sulfide) groups is 1. The highest BCUT2D eigenvalue weighted by atomic mass is 32.2. The lowest BCUT2D eigenvalue weighted by molar-refractivity contribution is -0.141. The van der Waals surface area contributed by atoms with Crippen LogP contribution in [0.15, 0.2) is 12.5 Å². The van der Waals surface area contributed by atoms with Crippen LogP contribution in [0.25, 0.3) is 0 Å². The molecule has 0 bridgehead atoms. The molecule has 0 aromatic carbocycles. The quantitative estimate of drug-likeness (QED) is 0.197. The first kappa shape index (κ1) is 29.0. The zero-order valence-corrected chi connectivity index (χ0v) is 19.6. The summed E-state index contributed by atoms with van der Waals surface area (Å²) in [7, 11) is 0. The number of H-pyrrole nitrogens is 1. The number of amides is 1. The van der Waals surface area contributed by atoms with Gasteiger partial charge in [0.15, 0.2) is 5.12 Å². The van der Waals surface area contributed by atoms with Crippen LogP contribution in [0.2, 0.25) is 0 Å². The molecule has 34 heavy (non-hydrogen) atoms. The van der Waals surface area contributed by atoms with Crippen molar-refractivity contribution in [1.82, 2.24) is 15.3 Å². The molecule has 1 amide bonds. The summed E-state index contributed by atoms with van der Waals surface area (Å²) >= 11 is 0.691. The molecule has 0 aliphatic rings. The lowest BCUT2D eigenvalue weighted by atomic mass is 9.96. The molecule has 3 atom stereocenters. The smallest absolute Gasteiger partial charge is 0.327 e. The van der Waals surface area contributed by atoms with Crippen molar-refractivity contribution in [3.8, 4) is 0 Å². The highest BCUT2D eigenvalue weighted by Gasteiger charge is 2.27. The summed E-state index contributed by atoms with van der Waals surface area (Å²) in [5.74, 6) is -4.56. The SMILES string of the molecule is CC(=O)CCCC(=O)C[C@@H](Cc1cnc[nH]1)C(=O)SCC(NC(=O)CCC(N)C(=O)O)C(=O)O. The summed E-state index contributed by atoms with van der Waals surface area (Å²) in [6.45, 7) is 1.43. The molecule has 0 aliphatic heterocycles. The van der Waals surface area contributed by atoms with Crippen molar-refractivity contribution in [1.29, 1.82) is 0 Å². The fraction of sp³-hybridized carbons (Fsp3) is 0.571. The maximum Gasteiger partial charge on any atom is 0.327 e. The number of Topliss-reactive ketones (excluding diaryl/α,β-unsaturated/α-hetero) is 2. The fourth-order valence-electron chi connectivity index (χ4n) is 2.95. The number of carbonyl (C=O) groups excluding carboxylic acids is 4. The standard InChI is InChI=1S/C21H30N4O8S/c1-12(26)3-2-4-15(27)8-13(7-14-9-23-11-24-14)21(33)34-10-17(20(31)32)25-18(28)6-5-16(22)19(29)30/h9,11,13,16-17H,2-8,10,22H2,1H3,(H,23,24)(H,25,28)(H,29,30)(H,31,32)/t13-,16?,17?/m1/s1. The van der Waals surface area contributed by atoms with E-state index in [-0.39, 0.29) is 55.8 Å². The number of imidazole rings is 1. The average molecular weight is 499 g/mol. The number of rotatable bonds is 17. The predicted octanol–water partition coefficient (Wildman–Crippen LogP) is 0.308. The van der Waals surface area contributed by atoms with Gasteiger partial charge in [-0.05, 0) is 19.8 Å². The van der Waals surface area contributed by atoms with Gasteiger partial charge in [0.25, 0.3) is 0 Å². The lowest BCUT2D eigenvalue weighted by Crippen LogP contribution is -2.43. The topological polar surface area (TPSA) is 210 Å². The van der Waals surface area contributed by atoms with Crippen LogP contribution < -0.4 is 11.1 Å². The van der Waals surface area contributed by atoms with E-state index in [0.29, 0.717) is 23.9 Å². The van der Waals surface area contributed by atoms with Gasteiger partial charge in [-0.3, -0.25) is 19.2 Å². The average Bonchev–Trinajstić information content (AvgIpc) is 3.26. The lowest BCUT2D eigenvalue weighted by Gasteiger charge is -2.17. The van der Waals surface area contributed by atoms with E-state index in [9.17, 15) is 33.9 Å². The molecule has 1 rings (SSSR count). The highest BCUT2D eigenvalue weighted by Crippen LogP contribution is 2.21. The van der Waals surface area contributed by atoms with Gasteiger partial charge in [-0.15, -0.1) is 0 Å². The van der Waals surface area contributed by atoms with Gasteiger partial charge in [-0.1, -0.05) is 11.8 Å². The number of nitrogens with two attached hydrogens (primary N) is 1. The molecular weight excluding hydrogens is 468 g/mol.